The fraction of sp³-hybridized carbons (Fsp3) is 0.593. The molecule has 1 aliphatic heterocycles. The number of likely N-dealkylation sites (N-methyl/N-ethyl adjacent to an activating group) is 1. The van der Waals surface area contributed by atoms with Crippen LogP contribution in [0.3, 0.4) is 0 Å². The maximum atomic E-state index is 13.8. The van der Waals surface area contributed by atoms with Crippen molar-refractivity contribution in [2.45, 2.75) is 50.3 Å². The summed E-state index contributed by atoms with van der Waals surface area (Å²) in [5.41, 5.74) is 4.29. The molecule has 4 aliphatic rings. The van der Waals surface area contributed by atoms with E-state index in [0.29, 0.717) is 18.5 Å². The van der Waals surface area contributed by atoms with Crippen LogP contribution in [-0.4, -0.2) is 87.9 Å². The average molecular weight is 512 g/mol. The van der Waals surface area contributed by atoms with Crippen molar-refractivity contribution in [3.63, 3.8) is 0 Å². The van der Waals surface area contributed by atoms with Crippen LogP contribution in [-0.2, 0) is 32.1 Å². The standard InChI is InChI=1S/C27H33N3O7/c1-29(2)21-16-11-14-10-15-13(12-30-8-4-3-5-9-30)6-7-17(31)19(15)22(32)18(14)24(34)27(16,37)25(35)20(23(21)33)26(28)36/h6-7,14,16,18,20-21,31,37H,3-5,8-12H2,1-2H3,(H2,28,36). The third kappa shape index (κ3) is 3.76. The van der Waals surface area contributed by atoms with Gasteiger partial charge in [-0.1, -0.05) is 12.5 Å². The molecule has 0 radical (unpaired) electrons. The van der Waals surface area contributed by atoms with E-state index in [9.17, 15) is 34.2 Å². The minimum Gasteiger partial charge on any atom is -0.507 e. The zero-order valence-electron chi connectivity index (χ0n) is 21.1. The second-order valence-electron chi connectivity index (χ2n) is 11.2. The number of carbonyl (C=O) groups excluding carboxylic acids is 5. The molecule has 1 saturated heterocycles. The minimum atomic E-state index is -2.70. The molecule has 3 fully saturated rings. The molecule has 1 amide bonds. The summed E-state index contributed by atoms with van der Waals surface area (Å²) >= 11 is 0. The highest BCUT2D eigenvalue weighted by molar-refractivity contribution is 6.32. The van der Waals surface area contributed by atoms with Crippen LogP contribution in [0.25, 0.3) is 0 Å². The minimum absolute atomic E-state index is 0.0566. The van der Waals surface area contributed by atoms with Crippen LogP contribution in [0.15, 0.2) is 12.1 Å². The molecule has 3 aliphatic carbocycles. The predicted molar refractivity (Wildman–Crippen MR) is 130 cm³/mol. The van der Waals surface area contributed by atoms with Gasteiger partial charge < -0.3 is 15.9 Å². The molecule has 10 heteroatoms. The summed E-state index contributed by atoms with van der Waals surface area (Å²) in [7, 11) is 3.15. The van der Waals surface area contributed by atoms with Gasteiger partial charge in [0, 0.05) is 12.5 Å². The zero-order valence-corrected chi connectivity index (χ0v) is 21.1. The first-order valence-electron chi connectivity index (χ1n) is 12.9. The second-order valence-corrected chi connectivity index (χ2v) is 11.2. The Labute approximate surface area is 214 Å². The Kier molecular flexibility index (Phi) is 6.32. The summed E-state index contributed by atoms with van der Waals surface area (Å²) in [5, 5.41) is 22.3. The Morgan fingerprint density at radius 3 is 2.41 bits per heavy atom. The van der Waals surface area contributed by atoms with E-state index in [-0.39, 0.29) is 17.7 Å². The number of nitrogens with zero attached hydrogens (tertiary/aromatic N) is 2. The highest BCUT2D eigenvalue weighted by atomic mass is 16.3. The number of hydrogen-bond donors (Lipinski definition) is 3. The fourth-order valence-corrected chi connectivity index (χ4v) is 7.18. The lowest BCUT2D eigenvalue weighted by Gasteiger charge is -2.52. The number of likely N-dealkylation sites (tertiary alicyclic amines) is 1. The first kappa shape index (κ1) is 25.7. The topological polar surface area (TPSA) is 158 Å². The van der Waals surface area contributed by atoms with Gasteiger partial charge in [-0.05, 0) is 76.0 Å². The average Bonchev–Trinajstić information content (AvgIpc) is 2.83. The maximum absolute atomic E-state index is 13.8. The van der Waals surface area contributed by atoms with Gasteiger partial charge in [-0.2, -0.15) is 0 Å². The first-order valence-corrected chi connectivity index (χ1v) is 12.9. The van der Waals surface area contributed by atoms with Gasteiger partial charge in [-0.15, -0.1) is 0 Å². The molecule has 0 spiro atoms. The number of carbonyl (C=O) groups is 5. The molecule has 2 saturated carbocycles. The molecule has 5 rings (SSSR count). The smallest absolute Gasteiger partial charge is 0.235 e. The lowest BCUT2D eigenvalue weighted by Crippen LogP contribution is -2.74. The van der Waals surface area contributed by atoms with Crippen LogP contribution in [0.2, 0.25) is 0 Å². The highest BCUT2D eigenvalue weighted by Crippen LogP contribution is 2.51. The molecule has 10 nitrogen and oxygen atoms in total. The Balaban J connectivity index is 1.58. The molecule has 1 aromatic rings. The molecule has 4 N–H and O–H groups in total. The maximum Gasteiger partial charge on any atom is 0.235 e. The number of benzene rings is 1. The molecule has 6 unspecified atom stereocenters. The van der Waals surface area contributed by atoms with Gasteiger partial charge >= 0.3 is 0 Å². The van der Waals surface area contributed by atoms with Crippen LogP contribution in [0.1, 0.15) is 47.2 Å². The number of piperidine rings is 1. The number of hydrogen-bond acceptors (Lipinski definition) is 9. The number of aliphatic hydroxyl groups is 1. The number of ketones is 4. The number of rotatable bonds is 4. The monoisotopic (exact) mass is 511 g/mol. The van der Waals surface area contributed by atoms with Crippen LogP contribution < -0.4 is 5.73 Å². The van der Waals surface area contributed by atoms with Gasteiger partial charge in [0.25, 0.3) is 0 Å². The van der Waals surface area contributed by atoms with Gasteiger partial charge in [0.1, 0.15) is 5.75 Å². The van der Waals surface area contributed by atoms with E-state index in [1.807, 2.05) is 6.07 Å². The number of primary amides is 1. The third-order valence-corrected chi connectivity index (χ3v) is 8.88. The van der Waals surface area contributed by atoms with E-state index in [0.717, 1.165) is 31.5 Å². The van der Waals surface area contributed by atoms with E-state index in [2.05, 4.69) is 4.90 Å². The van der Waals surface area contributed by atoms with E-state index >= 15 is 0 Å². The summed E-state index contributed by atoms with van der Waals surface area (Å²) < 4.78 is 0. The number of phenols is 1. The number of phenolic OH excluding ortho intramolecular Hbond substituents is 1. The Hall–Kier alpha value is -2.95. The largest absolute Gasteiger partial charge is 0.507 e. The Morgan fingerprint density at radius 1 is 1.11 bits per heavy atom. The van der Waals surface area contributed by atoms with Gasteiger partial charge in [0.15, 0.2) is 34.7 Å². The van der Waals surface area contributed by atoms with Gasteiger partial charge in [-0.3, -0.25) is 33.8 Å². The van der Waals surface area contributed by atoms with Crippen molar-refractivity contribution in [2.75, 3.05) is 27.2 Å². The van der Waals surface area contributed by atoms with E-state index in [1.54, 1.807) is 14.1 Å². The van der Waals surface area contributed by atoms with Crippen molar-refractivity contribution in [3.05, 3.63) is 28.8 Å². The van der Waals surface area contributed by atoms with Crippen LogP contribution in [0.5, 0.6) is 5.75 Å². The molecule has 1 heterocycles. The predicted octanol–water partition coefficient (Wildman–Crippen LogP) is -0.147. The number of Topliss-reactive ketones (excluding diaryl/α,β-unsaturated/α-hetero) is 4. The number of nitrogens with two attached hydrogens (primary N) is 1. The summed E-state index contributed by atoms with van der Waals surface area (Å²) in [6, 6.07) is 2.17. The first-order chi connectivity index (χ1) is 17.5. The van der Waals surface area contributed by atoms with E-state index in [1.165, 1.54) is 17.4 Å². The highest BCUT2D eigenvalue weighted by Gasteiger charge is 2.69. The van der Waals surface area contributed by atoms with Crippen LogP contribution in [0.4, 0.5) is 0 Å². The second kappa shape index (κ2) is 9.11. The molecule has 0 aromatic heterocycles. The van der Waals surface area contributed by atoms with Crippen LogP contribution in [0, 0.1) is 23.7 Å². The molecular weight excluding hydrogens is 478 g/mol. The van der Waals surface area contributed by atoms with Gasteiger partial charge in [-0.25, -0.2) is 0 Å². The lowest BCUT2D eigenvalue weighted by atomic mass is 9.52. The Bertz CT molecular complexity index is 1200. The summed E-state index contributed by atoms with van der Waals surface area (Å²) in [6.07, 6.45) is 3.73. The number of fused-ring (bicyclic) bond motifs is 3. The molecule has 198 valence electrons. The van der Waals surface area contributed by atoms with Crippen molar-refractivity contribution in [1.29, 1.82) is 0 Å². The summed E-state index contributed by atoms with van der Waals surface area (Å²) in [6.45, 7) is 2.50. The summed E-state index contributed by atoms with van der Waals surface area (Å²) in [5.74, 6) is -10.1. The van der Waals surface area contributed by atoms with Crippen LogP contribution >= 0.6 is 0 Å². The SMILES string of the molecule is CN(C)C1C(=O)C(C(N)=O)C(=O)C2(O)C(=O)C3C(=O)c4c(O)ccc(CN5CCCCC5)c4CC3CC12. The fourth-order valence-electron chi connectivity index (χ4n) is 7.18. The third-order valence-electron chi connectivity index (χ3n) is 8.88. The quantitative estimate of drug-likeness (QED) is 0.468. The van der Waals surface area contributed by atoms with Crippen molar-refractivity contribution < 1.29 is 34.2 Å². The number of aromatic hydroxyl groups is 1. The molecular formula is C27H33N3O7. The van der Waals surface area contributed by atoms with E-state index < -0.39 is 64.4 Å². The van der Waals surface area contributed by atoms with Gasteiger partial charge in [0.05, 0.1) is 17.5 Å². The van der Waals surface area contributed by atoms with Crippen molar-refractivity contribution in [3.8, 4) is 5.75 Å². The number of amides is 1. The van der Waals surface area contributed by atoms with Crippen molar-refractivity contribution >= 4 is 29.0 Å². The lowest BCUT2D eigenvalue weighted by molar-refractivity contribution is -0.181. The van der Waals surface area contributed by atoms with E-state index in [4.69, 9.17) is 5.73 Å². The summed E-state index contributed by atoms with van der Waals surface area (Å²) in [4.78, 5) is 69.9. The molecule has 37 heavy (non-hydrogen) atoms. The van der Waals surface area contributed by atoms with Gasteiger partial charge in [0.2, 0.25) is 5.91 Å². The normalized spacial score (nSPS) is 34.2. The Morgan fingerprint density at radius 2 is 1.78 bits per heavy atom. The van der Waals surface area contributed by atoms with Crippen molar-refractivity contribution in [1.82, 2.24) is 9.80 Å². The molecule has 6 atom stereocenters. The molecule has 0 bridgehead atoms. The molecule has 1 aromatic carbocycles. The van der Waals surface area contributed by atoms with Crippen molar-refractivity contribution in [2.24, 2.45) is 29.4 Å². The zero-order chi connectivity index (χ0) is 26.8.